The highest BCUT2D eigenvalue weighted by Gasteiger charge is 2.35. The van der Waals surface area contributed by atoms with Gasteiger partial charge in [-0.3, -0.25) is 20.2 Å². The van der Waals surface area contributed by atoms with Gasteiger partial charge in [0.1, 0.15) is 17.4 Å². The average molecular weight is 510 g/mol. The molecule has 190 valence electrons. The number of carbonyl (C=O) groups is 2. The second-order valence-corrected chi connectivity index (χ2v) is 10.3. The molecule has 2 aromatic rings. The number of carbonyl (C=O) groups excluding carboxylic acids is 1. The lowest BCUT2D eigenvalue weighted by atomic mass is 10.1. The smallest absolute Gasteiger partial charge is 0.412 e. The number of hydrogen-bond acceptors (Lipinski definition) is 8. The summed E-state index contributed by atoms with van der Waals surface area (Å²) in [6.45, 7) is 5.53. The molecule has 0 aliphatic carbocycles. The number of carboxylic acids is 1. The number of methoxy groups -OCH3 is 1. The highest BCUT2D eigenvalue weighted by atomic mass is 32.2. The Hall–Kier alpha value is -3.71. The number of carboxylic acid groups (broad SMARTS) is 1. The monoisotopic (exact) mass is 509 g/mol. The Morgan fingerprint density at radius 1 is 1.20 bits per heavy atom. The molecule has 0 spiro atoms. The second-order valence-electron chi connectivity index (χ2n) is 8.44. The van der Waals surface area contributed by atoms with E-state index in [1.165, 1.54) is 43.5 Å². The van der Waals surface area contributed by atoms with Gasteiger partial charge in [0.15, 0.2) is 0 Å². The van der Waals surface area contributed by atoms with Gasteiger partial charge in [0.05, 0.1) is 22.6 Å². The van der Waals surface area contributed by atoms with Crippen LogP contribution in [0, 0.1) is 10.1 Å². The molecule has 0 bridgehead atoms. The fourth-order valence-corrected chi connectivity index (χ4v) is 4.63. The summed E-state index contributed by atoms with van der Waals surface area (Å²) >= 11 is 0. The third-order valence-corrected chi connectivity index (χ3v) is 6.63. The minimum absolute atomic E-state index is 0.00906. The number of nitro benzene ring substituents is 1. The predicted octanol–water partition coefficient (Wildman–Crippen LogP) is 3.61. The van der Waals surface area contributed by atoms with Crippen LogP contribution in [-0.4, -0.2) is 53.6 Å². The van der Waals surface area contributed by atoms with Crippen molar-refractivity contribution in [3.63, 3.8) is 0 Å². The van der Waals surface area contributed by atoms with E-state index >= 15 is 0 Å². The van der Waals surface area contributed by atoms with Crippen LogP contribution in [0.3, 0.4) is 0 Å². The van der Waals surface area contributed by atoms with Gasteiger partial charge >= 0.3 is 12.1 Å². The first-order valence-corrected chi connectivity index (χ1v) is 11.8. The normalized spacial score (nSPS) is 12.6. The van der Waals surface area contributed by atoms with E-state index in [4.69, 9.17) is 9.47 Å². The molecule has 13 heteroatoms. The Balaban J connectivity index is 2.55. The number of nitrogens with one attached hydrogen (secondary N) is 1. The SMILES string of the molecule is COc1ccc(S(=O)(=O)N(Cc2ccccc2[N+](=O)[O-])[C@@H](C)C(=O)O)cc1NC(=O)OC(C)(C)C. The number of nitro groups is 1. The standard InChI is InChI=1S/C22H27N3O9S/c1-14(20(26)27)24(13-15-8-6-7-9-18(15)25(29)30)35(31,32)16-10-11-19(33-5)17(12-16)23-21(28)34-22(2,3)4/h6-12,14H,13H2,1-5H3,(H,23,28)(H,26,27)/t14-/m0/s1. The molecule has 0 radical (unpaired) electrons. The van der Waals surface area contributed by atoms with E-state index in [0.717, 1.165) is 13.0 Å². The zero-order chi connectivity index (χ0) is 26.6. The molecule has 0 aliphatic heterocycles. The van der Waals surface area contributed by atoms with Crippen molar-refractivity contribution in [3.8, 4) is 5.75 Å². The molecule has 0 saturated carbocycles. The van der Waals surface area contributed by atoms with E-state index in [1.54, 1.807) is 20.8 Å². The number of para-hydroxylation sites is 1. The van der Waals surface area contributed by atoms with Crippen molar-refractivity contribution in [1.29, 1.82) is 0 Å². The number of benzene rings is 2. The zero-order valence-electron chi connectivity index (χ0n) is 19.8. The third kappa shape index (κ3) is 6.90. The molecule has 2 N–H and O–H groups in total. The lowest BCUT2D eigenvalue weighted by Gasteiger charge is -2.26. The molecular formula is C22H27N3O9S. The number of ether oxygens (including phenoxy) is 2. The molecule has 0 aliphatic rings. The summed E-state index contributed by atoms with van der Waals surface area (Å²) in [7, 11) is -3.21. The van der Waals surface area contributed by atoms with E-state index in [0.29, 0.717) is 4.31 Å². The molecule has 2 aromatic carbocycles. The molecule has 12 nitrogen and oxygen atoms in total. The highest BCUT2D eigenvalue weighted by Crippen LogP contribution is 2.31. The van der Waals surface area contributed by atoms with Gasteiger partial charge in [-0.2, -0.15) is 4.31 Å². The Bertz CT molecular complexity index is 1220. The lowest BCUT2D eigenvalue weighted by molar-refractivity contribution is -0.385. The first kappa shape index (κ1) is 27.5. The maximum absolute atomic E-state index is 13.5. The van der Waals surface area contributed by atoms with Crippen LogP contribution in [0.2, 0.25) is 0 Å². The third-order valence-electron chi connectivity index (χ3n) is 4.72. The summed E-state index contributed by atoms with van der Waals surface area (Å²) < 4.78 is 38.1. The minimum Gasteiger partial charge on any atom is -0.495 e. The fraction of sp³-hybridized carbons (Fsp3) is 0.364. The largest absolute Gasteiger partial charge is 0.495 e. The van der Waals surface area contributed by atoms with Gasteiger partial charge in [-0.1, -0.05) is 18.2 Å². The van der Waals surface area contributed by atoms with Gasteiger partial charge < -0.3 is 14.6 Å². The van der Waals surface area contributed by atoms with Crippen molar-refractivity contribution in [2.45, 2.75) is 50.8 Å². The molecule has 0 aromatic heterocycles. The second kappa shape index (κ2) is 10.7. The number of sulfonamides is 1. The van der Waals surface area contributed by atoms with Crippen LogP contribution < -0.4 is 10.1 Å². The van der Waals surface area contributed by atoms with E-state index < -0.39 is 45.2 Å². The van der Waals surface area contributed by atoms with Crippen LogP contribution in [0.1, 0.15) is 33.3 Å². The van der Waals surface area contributed by atoms with Crippen molar-refractivity contribution in [2.24, 2.45) is 0 Å². The summed E-state index contributed by atoms with van der Waals surface area (Å²) in [5.41, 5.74) is -1.20. The number of amides is 1. The molecule has 2 rings (SSSR count). The molecule has 1 atom stereocenters. The van der Waals surface area contributed by atoms with Crippen LogP contribution in [0.5, 0.6) is 5.75 Å². The van der Waals surface area contributed by atoms with Crippen LogP contribution >= 0.6 is 0 Å². The molecule has 35 heavy (non-hydrogen) atoms. The highest BCUT2D eigenvalue weighted by molar-refractivity contribution is 7.89. The van der Waals surface area contributed by atoms with Crippen LogP contribution in [0.15, 0.2) is 47.4 Å². The molecule has 0 fully saturated rings. The summed E-state index contributed by atoms with van der Waals surface area (Å²) in [5, 5.41) is 23.4. The van der Waals surface area contributed by atoms with Crippen LogP contribution in [0.4, 0.5) is 16.2 Å². The fourth-order valence-electron chi connectivity index (χ4n) is 3.04. The van der Waals surface area contributed by atoms with Gasteiger partial charge in [0.25, 0.3) is 5.69 Å². The Kier molecular flexibility index (Phi) is 8.41. The van der Waals surface area contributed by atoms with Gasteiger partial charge in [0.2, 0.25) is 10.0 Å². The lowest BCUT2D eigenvalue weighted by Crippen LogP contribution is -2.42. The van der Waals surface area contributed by atoms with Gasteiger partial charge in [0, 0.05) is 18.2 Å². The molecule has 0 unspecified atom stereocenters. The summed E-state index contributed by atoms with van der Waals surface area (Å²) in [6, 6.07) is 7.43. The van der Waals surface area contributed by atoms with Crippen molar-refractivity contribution in [1.82, 2.24) is 4.31 Å². The van der Waals surface area contributed by atoms with E-state index in [9.17, 15) is 33.2 Å². The van der Waals surface area contributed by atoms with Crippen molar-refractivity contribution in [2.75, 3.05) is 12.4 Å². The number of aliphatic carboxylic acids is 1. The minimum atomic E-state index is -4.52. The zero-order valence-corrected chi connectivity index (χ0v) is 20.7. The summed E-state index contributed by atoms with van der Waals surface area (Å²) in [5.74, 6) is -1.32. The van der Waals surface area contributed by atoms with Crippen molar-refractivity contribution in [3.05, 3.63) is 58.1 Å². The molecule has 0 heterocycles. The Labute approximate surface area is 202 Å². The summed E-state index contributed by atoms with van der Waals surface area (Å²) in [4.78, 5) is 34.3. The average Bonchev–Trinajstić information content (AvgIpc) is 2.75. The van der Waals surface area contributed by atoms with Crippen molar-refractivity contribution < 1.29 is 37.5 Å². The summed E-state index contributed by atoms with van der Waals surface area (Å²) in [6.07, 6.45) is -0.860. The molecular weight excluding hydrogens is 482 g/mol. The number of rotatable bonds is 9. The van der Waals surface area contributed by atoms with E-state index in [1.807, 2.05) is 0 Å². The van der Waals surface area contributed by atoms with Crippen LogP contribution in [-0.2, 0) is 26.1 Å². The van der Waals surface area contributed by atoms with Gasteiger partial charge in [-0.05, 0) is 45.9 Å². The van der Waals surface area contributed by atoms with E-state index in [-0.39, 0.29) is 27.6 Å². The van der Waals surface area contributed by atoms with Gasteiger partial charge in [-0.15, -0.1) is 0 Å². The van der Waals surface area contributed by atoms with E-state index in [2.05, 4.69) is 5.32 Å². The van der Waals surface area contributed by atoms with Gasteiger partial charge in [-0.25, -0.2) is 13.2 Å². The predicted molar refractivity (Wildman–Crippen MR) is 126 cm³/mol. The Morgan fingerprint density at radius 2 is 1.83 bits per heavy atom. The first-order chi connectivity index (χ1) is 16.2. The maximum atomic E-state index is 13.5. The van der Waals surface area contributed by atoms with Crippen LogP contribution in [0.25, 0.3) is 0 Å². The topological polar surface area (TPSA) is 165 Å². The number of nitrogens with zero attached hydrogens (tertiary/aromatic N) is 2. The first-order valence-electron chi connectivity index (χ1n) is 10.3. The maximum Gasteiger partial charge on any atom is 0.412 e. The number of hydrogen-bond donors (Lipinski definition) is 2. The Morgan fingerprint density at radius 3 is 2.37 bits per heavy atom. The number of anilines is 1. The van der Waals surface area contributed by atoms with Crippen molar-refractivity contribution >= 4 is 33.5 Å². The molecule has 1 amide bonds. The quantitative estimate of drug-likeness (QED) is 0.379. The molecule has 0 saturated heterocycles.